The van der Waals surface area contributed by atoms with Crippen LogP contribution in [0.25, 0.3) is 0 Å². The maximum absolute atomic E-state index is 12.5. The van der Waals surface area contributed by atoms with Crippen LogP contribution >= 0.6 is 11.6 Å². The molecule has 0 bridgehead atoms. The molecule has 0 spiro atoms. The number of rotatable bonds is 9. The smallest absolute Gasteiger partial charge is 0.253 e. The number of anilines is 2. The predicted molar refractivity (Wildman–Crippen MR) is 106 cm³/mol. The molecule has 0 radical (unpaired) electrons. The van der Waals surface area contributed by atoms with E-state index in [2.05, 4.69) is 29.4 Å². The fraction of sp³-hybridized carbons (Fsp3) is 0.350. The molecular formula is C20H26ClN3O. The summed E-state index contributed by atoms with van der Waals surface area (Å²) in [7, 11) is 0. The Hall–Kier alpha value is -2.04. The van der Waals surface area contributed by atoms with Crippen molar-refractivity contribution in [3.05, 3.63) is 59.1 Å². The van der Waals surface area contributed by atoms with Crippen LogP contribution in [0, 0.1) is 0 Å². The summed E-state index contributed by atoms with van der Waals surface area (Å²) in [5, 5.41) is 6.87. The quantitative estimate of drug-likeness (QED) is 0.646. The van der Waals surface area contributed by atoms with Crippen molar-refractivity contribution in [3.8, 4) is 0 Å². The van der Waals surface area contributed by atoms with Crippen LogP contribution < -0.4 is 10.6 Å². The molecule has 2 N–H and O–H groups in total. The minimum Gasteiger partial charge on any atom is -0.354 e. The van der Waals surface area contributed by atoms with Crippen molar-refractivity contribution >= 4 is 28.9 Å². The topological polar surface area (TPSA) is 44.4 Å². The molecule has 2 aromatic rings. The highest BCUT2D eigenvalue weighted by Crippen LogP contribution is 2.26. The van der Waals surface area contributed by atoms with Crippen molar-refractivity contribution in [1.82, 2.24) is 10.2 Å². The standard InChI is InChI=1S/C20H26ClN3O/c1-3-24(4-2)15-9-14-22-20(25)16-10-5-7-12-18(16)23-19-13-8-6-11-17(19)21/h5-8,10-13,23H,3-4,9,14-15H2,1-2H3,(H,22,25). The number of carbonyl (C=O) groups excluding carboxylic acids is 1. The summed E-state index contributed by atoms with van der Waals surface area (Å²) in [5.41, 5.74) is 2.15. The lowest BCUT2D eigenvalue weighted by Crippen LogP contribution is -2.30. The second kappa shape index (κ2) is 10.1. The van der Waals surface area contributed by atoms with Gasteiger partial charge < -0.3 is 15.5 Å². The molecule has 134 valence electrons. The van der Waals surface area contributed by atoms with E-state index in [9.17, 15) is 4.79 Å². The van der Waals surface area contributed by atoms with E-state index < -0.39 is 0 Å². The van der Waals surface area contributed by atoms with E-state index in [0.29, 0.717) is 17.1 Å². The third kappa shape index (κ3) is 5.76. The van der Waals surface area contributed by atoms with E-state index in [1.807, 2.05) is 48.5 Å². The second-order valence-electron chi connectivity index (χ2n) is 5.79. The van der Waals surface area contributed by atoms with Gasteiger partial charge in [0.05, 0.1) is 22.0 Å². The minimum absolute atomic E-state index is 0.0744. The number of hydrogen-bond acceptors (Lipinski definition) is 3. The third-order valence-electron chi connectivity index (χ3n) is 4.15. The Morgan fingerprint density at radius 1 is 1.00 bits per heavy atom. The molecule has 0 atom stereocenters. The van der Waals surface area contributed by atoms with Crippen LogP contribution in [-0.4, -0.2) is 37.0 Å². The molecule has 0 aliphatic carbocycles. The predicted octanol–water partition coefficient (Wildman–Crippen LogP) is 4.55. The summed E-state index contributed by atoms with van der Waals surface area (Å²) in [6, 6.07) is 15.0. The van der Waals surface area contributed by atoms with Gasteiger partial charge in [0.25, 0.3) is 5.91 Å². The van der Waals surface area contributed by atoms with Crippen LogP contribution in [0.3, 0.4) is 0 Å². The van der Waals surface area contributed by atoms with Gasteiger partial charge in [-0.1, -0.05) is 49.7 Å². The molecule has 0 heterocycles. The summed E-state index contributed by atoms with van der Waals surface area (Å²) < 4.78 is 0. The Bertz CT molecular complexity index is 686. The number of halogens is 1. The van der Waals surface area contributed by atoms with E-state index in [1.165, 1.54) is 0 Å². The number of nitrogens with zero attached hydrogens (tertiary/aromatic N) is 1. The number of amides is 1. The highest BCUT2D eigenvalue weighted by molar-refractivity contribution is 6.33. The maximum Gasteiger partial charge on any atom is 0.253 e. The van der Waals surface area contributed by atoms with Crippen molar-refractivity contribution in [2.24, 2.45) is 0 Å². The summed E-state index contributed by atoms with van der Waals surface area (Å²) >= 11 is 6.20. The van der Waals surface area contributed by atoms with Gasteiger partial charge in [0.15, 0.2) is 0 Å². The third-order valence-corrected chi connectivity index (χ3v) is 4.48. The Labute approximate surface area is 155 Å². The molecule has 0 aliphatic heterocycles. The van der Waals surface area contributed by atoms with Crippen LogP contribution in [0.2, 0.25) is 5.02 Å². The van der Waals surface area contributed by atoms with Crippen LogP contribution in [-0.2, 0) is 0 Å². The highest BCUT2D eigenvalue weighted by atomic mass is 35.5. The number of nitrogens with one attached hydrogen (secondary N) is 2. The van der Waals surface area contributed by atoms with Crippen molar-refractivity contribution in [3.63, 3.8) is 0 Å². The molecule has 25 heavy (non-hydrogen) atoms. The minimum atomic E-state index is -0.0744. The van der Waals surface area contributed by atoms with E-state index in [-0.39, 0.29) is 5.91 Å². The summed E-state index contributed by atoms with van der Waals surface area (Å²) in [4.78, 5) is 14.9. The van der Waals surface area contributed by atoms with Gasteiger partial charge in [-0.15, -0.1) is 0 Å². The van der Waals surface area contributed by atoms with E-state index in [1.54, 1.807) is 0 Å². The van der Waals surface area contributed by atoms with Crippen molar-refractivity contribution < 1.29 is 4.79 Å². The molecule has 5 heteroatoms. The Morgan fingerprint density at radius 2 is 1.64 bits per heavy atom. The maximum atomic E-state index is 12.5. The fourth-order valence-corrected chi connectivity index (χ4v) is 2.82. The second-order valence-corrected chi connectivity index (χ2v) is 6.19. The number of benzene rings is 2. The average Bonchev–Trinajstić information content (AvgIpc) is 2.64. The number of carbonyl (C=O) groups is 1. The first-order chi connectivity index (χ1) is 12.2. The van der Waals surface area contributed by atoms with Crippen LogP contribution in [0.5, 0.6) is 0 Å². The normalized spacial score (nSPS) is 10.7. The Kier molecular flexibility index (Phi) is 7.76. The van der Waals surface area contributed by atoms with Crippen LogP contribution in [0.4, 0.5) is 11.4 Å². The molecule has 0 aliphatic rings. The summed E-state index contributed by atoms with van der Waals surface area (Å²) in [5.74, 6) is -0.0744. The molecule has 2 rings (SSSR count). The zero-order chi connectivity index (χ0) is 18.1. The first-order valence-corrected chi connectivity index (χ1v) is 9.14. The SMILES string of the molecule is CCN(CC)CCCNC(=O)c1ccccc1Nc1ccccc1Cl. The van der Waals surface area contributed by atoms with Gasteiger partial charge in [-0.3, -0.25) is 4.79 Å². The van der Waals surface area contributed by atoms with Gasteiger partial charge in [-0.05, 0) is 50.3 Å². The largest absolute Gasteiger partial charge is 0.354 e. The molecule has 1 amide bonds. The van der Waals surface area contributed by atoms with E-state index in [0.717, 1.165) is 37.4 Å². The van der Waals surface area contributed by atoms with Gasteiger partial charge in [-0.25, -0.2) is 0 Å². The van der Waals surface area contributed by atoms with E-state index >= 15 is 0 Å². The summed E-state index contributed by atoms with van der Waals surface area (Å²) in [6.45, 7) is 8.03. The Balaban J connectivity index is 1.97. The Morgan fingerprint density at radius 3 is 2.32 bits per heavy atom. The number of para-hydroxylation sites is 2. The van der Waals surface area contributed by atoms with Gasteiger partial charge in [0, 0.05) is 6.54 Å². The molecule has 4 nitrogen and oxygen atoms in total. The zero-order valence-electron chi connectivity index (χ0n) is 14.9. The molecule has 2 aromatic carbocycles. The van der Waals surface area contributed by atoms with Crippen LogP contribution in [0.1, 0.15) is 30.6 Å². The zero-order valence-corrected chi connectivity index (χ0v) is 15.6. The highest BCUT2D eigenvalue weighted by Gasteiger charge is 2.11. The van der Waals surface area contributed by atoms with Gasteiger partial charge in [0.1, 0.15) is 0 Å². The lowest BCUT2D eigenvalue weighted by molar-refractivity contribution is 0.0952. The van der Waals surface area contributed by atoms with Gasteiger partial charge in [0.2, 0.25) is 0 Å². The van der Waals surface area contributed by atoms with Crippen molar-refractivity contribution in [2.75, 3.05) is 31.5 Å². The lowest BCUT2D eigenvalue weighted by Gasteiger charge is -2.18. The molecule has 0 saturated heterocycles. The monoisotopic (exact) mass is 359 g/mol. The fourth-order valence-electron chi connectivity index (χ4n) is 2.64. The molecule has 0 aromatic heterocycles. The molecule has 0 saturated carbocycles. The average molecular weight is 360 g/mol. The summed E-state index contributed by atoms with van der Waals surface area (Å²) in [6.07, 6.45) is 0.938. The van der Waals surface area contributed by atoms with Crippen molar-refractivity contribution in [2.45, 2.75) is 20.3 Å². The van der Waals surface area contributed by atoms with Crippen molar-refractivity contribution in [1.29, 1.82) is 0 Å². The molecule has 0 unspecified atom stereocenters. The van der Waals surface area contributed by atoms with E-state index in [4.69, 9.17) is 11.6 Å². The molecular weight excluding hydrogens is 334 g/mol. The van der Waals surface area contributed by atoms with Gasteiger partial charge in [-0.2, -0.15) is 0 Å². The van der Waals surface area contributed by atoms with Crippen LogP contribution in [0.15, 0.2) is 48.5 Å². The molecule has 0 fully saturated rings. The first kappa shape index (κ1) is 19.3. The number of hydrogen-bond donors (Lipinski definition) is 2. The first-order valence-electron chi connectivity index (χ1n) is 8.76. The van der Waals surface area contributed by atoms with Gasteiger partial charge >= 0.3 is 0 Å². The lowest BCUT2D eigenvalue weighted by atomic mass is 10.1.